The third-order valence-electron chi connectivity index (χ3n) is 4.49. The molecule has 1 fully saturated rings. The molecule has 0 atom stereocenters. The van der Waals surface area contributed by atoms with Gasteiger partial charge in [0.05, 0.1) is 0 Å². The minimum absolute atomic E-state index is 0.420. The van der Waals surface area contributed by atoms with Gasteiger partial charge in [0.15, 0.2) is 0 Å². The van der Waals surface area contributed by atoms with E-state index in [9.17, 15) is 5.11 Å². The van der Waals surface area contributed by atoms with Gasteiger partial charge in [0.2, 0.25) is 0 Å². The molecule has 3 nitrogen and oxygen atoms in total. The predicted octanol–water partition coefficient (Wildman–Crippen LogP) is 3.32. The van der Waals surface area contributed by atoms with Gasteiger partial charge < -0.3 is 10.0 Å². The Morgan fingerprint density at radius 2 is 1.64 bits per heavy atom. The Balaban J connectivity index is 1.71. The molecule has 2 aromatic carbocycles. The SMILES string of the molecule is CC(C)CN1CCN(Cc2c(O)ccc3ccccc23)CC1. The van der Waals surface area contributed by atoms with E-state index in [0.717, 1.165) is 44.2 Å². The fraction of sp³-hybridized carbons (Fsp3) is 0.474. The number of rotatable bonds is 4. The van der Waals surface area contributed by atoms with E-state index in [4.69, 9.17) is 0 Å². The molecule has 0 amide bonds. The van der Waals surface area contributed by atoms with E-state index >= 15 is 0 Å². The number of benzene rings is 2. The third-order valence-corrected chi connectivity index (χ3v) is 4.49. The van der Waals surface area contributed by atoms with E-state index in [-0.39, 0.29) is 0 Å². The largest absolute Gasteiger partial charge is 0.508 e. The van der Waals surface area contributed by atoms with E-state index in [1.54, 1.807) is 0 Å². The summed E-state index contributed by atoms with van der Waals surface area (Å²) in [5.41, 5.74) is 1.07. The highest BCUT2D eigenvalue weighted by atomic mass is 16.3. The summed E-state index contributed by atoms with van der Waals surface area (Å²) in [6.07, 6.45) is 0. The average molecular weight is 298 g/mol. The van der Waals surface area contributed by atoms with Crippen molar-refractivity contribution >= 4 is 10.8 Å². The van der Waals surface area contributed by atoms with Crippen molar-refractivity contribution in [2.24, 2.45) is 5.92 Å². The number of fused-ring (bicyclic) bond motifs is 1. The summed E-state index contributed by atoms with van der Waals surface area (Å²) in [6, 6.07) is 12.1. The molecule has 0 spiro atoms. The third kappa shape index (κ3) is 3.42. The lowest BCUT2D eigenvalue weighted by Crippen LogP contribution is -2.46. The van der Waals surface area contributed by atoms with E-state index < -0.39 is 0 Å². The molecule has 1 saturated heterocycles. The fourth-order valence-corrected chi connectivity index (χ4v) is 3.36. The van der Waals surface area contributed by atoms with Gasteiger partial charge in [0.1, 0.15) is 5.75 Å². The minimum atomic E-state index is 0.420. The molecule has 1 N–H and O–H groups in total. The molecule has 118 valence electrons. The zero-order chi connectivity index (χ0) is 15.5. The number of hydrogen-bond acceptors (Lipinski definition) is 3. The van der Waals surface area contributed by atoms with Gasteiger partial charge >= 0.3 is 0 Å². The molecule has 22 heavy (non-hydrogen) atoms. The zero-order valence-corrected chi connectivity index (χ0v) is 13.6. The quantitative estimate of drug-likeness (QED) is 0.938. The van der Waals surface area contributed by atoms with Crippen LogP contribution < -0.4 is 0 Å². The highest BCUT2D eigenvalue weighted by Crippen LogP contribution is 2.28. The summed E-state index contributed by atoms with van der Waals surface area (Å²) in [4.78, 5) is 5.00. The van der Waals surface area contributed by atoms with E-state index in [2.05, 4.69) is 35.8 Å². The number of phenolic OH excluding ortho intramolecular Hbond substituents is 1. The van der Waals surface area contributed by atoms with Crippen LogP contribution in [0.5, 0.6) is 5.75 Å². The van der Waals surface area contributed by atoms with Gasteiger partial charge in [-0.1, -0.05) is 44.2 Å². The van der Waals surface area contributed by atoms with Gasteiger partial charge in [-0.2, -0.15) is 0 Å². The second-order valence-electron chi connectivity index (χ2n) is 6.75. The molecule has 3 heteroatoms. The van der Waals surface area contributed by atoms with Crippen LogP contribution in [0.15, 0.2) is 36.4 Å². The highest BCUT2D eigenvalue weighted by molar-refractivity contribution is 5.87. The van der Waals surface area contributed by atoms with E-state index in [1.807, 2.05) is 24.3 Å². The molecule has 0 unspecified atom stereocenters. The van der Waals surface area contributed by atoms with Gasteiger partial charge in [0.25, 0.3) is 0 Å². The number of hydrogen-bond donors (Lipinski definition) is 1. The second-order valence-corrected chi connectivity index (χ2v) is 6.75. The Hall–Kier alpha value is -1.58. The Bertz CT molecular complexity index is 630. The van der Waals surface area contributed by atoms with Crippen molar-refractivity contribution in [3.05, 3.63) is 42.0 Å². The maximum absolute atomic E-state index is 10.3. The molecule has 0 aromatic heterocycles. The lowest BCUT2D eigenvalue weighted by Gasteiger charge is -2.35. The van der Waals surface area contributed by atoms with Crippen LogP contribution in [0.1, 0.15) is 19.4 Å². The second kappa shape index (κ2) is 6.67. The smallest absolute Gasteiger partial charge is 0.120 e. The number of aromatic hydroxyl groups is 1. The molecule has 2 aromatic rings. The van der Waals surface area contributed by atoms with Crippen LogP contribution in [0.3, 0.4) is 0 Å². The molecule has 1 aliphatic rings. The van der Waals surface area contributed by atoms with Gasteiger partial charge in [-0.15, -0.1) is 0 Å². The fourth-order valence-electron chi connectivity index (χ4n) is 3.36. The predicted molar refractivity (Wildman–Crippen MR) is 92.2 cm³/mol. The molecule has 1 aliphatic heterocycles. The molecule has 0 aliphatic carbocycles. The van der Waals surface area contributed by atoms with Crippen LogP contribution in [-0.2, 0) is 6.54 Å². The van der Waals surface area contributed by atoms with E-state index in [1.165, 1.54) is 17.3 Å². The number of nitrogens with zero attached hydrogens (tertiary/aromatic N) is 2. The Morgan fingerprint density at radius 1 is 0.955 bits per heavy atom. The molecule has 1 heterocycles. The van der Waals surface area contributed by atoms with Gasteiger partial charge in [0, 0.05) is 44.8 Å². The summed E-state index contributed by atoms with van der Waals surface area (Å²) in [5.74, 6) is 1.15. The van der Waals surface area contributed by atoms with Crippen molar-refractivity contribution in [2.45, 2.75) is 20.4 Å². The van der Waals surface area contributed by atoms with Crippen LogP contribution in [0.4, 0.5) is 0 Å². The maximum Gasteiger partial charge on any atom is 0.120 e. The van der Waals surface area contributed by atoms with Crippen molar-refractivity contribution in [3.63, 3.8) is 0 Å². The topological polar surface area (TPSA) is 26.7 Å². The summed E-state index contributed by atoms with van der Waals surface area (Å²) < 4.78 is 0. The van der Waals surface area contributed by atoms with E-state index in [0.29, 0.717) is 5.75 Å². The van der Waals surface area contributed by atoms with Crippen LogP contribution in [0.2, 0.25) is 0 Å². The number of phenols is 1. The first-order chi connectivity index (χ1) is 10.6. The molecule has 0 saturated carbocycles. The van der Waals surface area contributed by atoms with Crippen molar-refractivity contribution in [2.75, 3.05) is 32.7 Å². The van der Waals surface area contributed by atoms with Crippen LogP contribution in [-0.4, -0.2) is 47.6 Å². The first-order valence-electron chi connectivity index (χ1n) is 8.28. The first-order valence-corrected chi connectivity index (χ1v) is 8.28. The average Bonchev–Trinajstić information content (AvgIpc) is 2.51. The lowest BCUT2D eigenvalue weighted by molar-refractivity contribution is 0.117. The van der Waals surface area contributed by atoms with Crippen molar-refractivity contribution in [3.8, 4) is 5.75 Å². The Morgan fingerprint density at radius 3 is 2.36 bits per heavy atom. The zero-order valence-electron chi connectivity index (χ0n) is 13.6. The first kappa shape index (κ1) is 15.3. The Kier molecular flexibility index (Phi) is 4.65. The molecular weight excluding hydrogens is 272 g/mol. The van der Waals surface area contributed by atoms with Gasteiger partial charge in [-0.25, -0.2) is 0 Å². The standard InChI is InChI=1S/C19H26N2O/c1-15(2)13-20-9-11-21(12-10-20)14-18-17-6-4-3-5-16(17)7-8-19(18)22/h3-8,15,22H,9-14H2,1-2H3. The normalized spacial score (nSPS) is 17.4. The molecule has 3 rings (SSSR count). The molecular formula is C19H26N2O. The summed E-state index contributed by atoms with van der Waals surface area (Å²) in [7, 11) is 0. The van der Waals surface area contributed by atoms with Gasteiger partial charge in [-0.3, -0.25) is 4.90 Å². The maximum atomic E-state index is 10.3. The minimum Gasteiger partial charge on any atom is -0.508 e. The molecule has 0 radical (unpaired) electrons. The lowest BCUT2D eigenvalue weighted by atomic mass is 10.0. The van der Waals surface area contributed by atoms with Crippen molar-refractivity contribution in [1.82, 2.24) is 9.80 Å². The summed E-state index contributed by atoms with van der Waals surface area (Å²) in [6.45, 7) is 11.0. The van der Waals surface area contributed by atoms with Crippen molar-refractivity contribution < 1.29 is 5.11 Å². The van der Waals surface area contributed by atoms with Crippen LogP contribution in [0.25, 0.3) is 10.8 Å². The van der Waals surface area contributed by atoms with Crippen LogP contribution >= 0.6 is 0 Å². The Labute approximate surface area is 133 Å². The summed E-state index contributed by atoms with van der Waals surface area (Å²) >= 11 is 0. The van der Waals surface area contributed by atoms with Crippen LogP contribution in [0, 0.1) is 5.92 Å². The van der Waals surface area contributed by atoms with Crippen molar-refractivity contribution in [1.29, 1.82) is 0 Å². The highest BCUT2D eigenvalue weighted by Gasteiger charge is 2.19. The van der Waals surface area contributed by atoms with Gasteiger partial charge in [-0.05, 0) is 22.8 Å². The summed E-state index contributed by atoms with van der Waals surface area (Å²) in [5, 5.41) is 12.6. The number of piperazine rings is 1. The monoisotopic (exact) mass is 298 g/mol. The molecule has 0 bridgehead atoms.